The average Bonchev–Trinajstić information content (AvgIpc) is 2.96. The van der Waals surface area contributed by atoms with Gasteiger partial charge in [0, 0.05) is 24.5 Å². The standard InChI is InChI=1S/C12H21N3S/c1-3-10-11(8-13)16-12(14-10)15(2)9-6-4-5-7-9/h9H,3-8,13H2,1-2H3. The molecule has 1 aliphatic rings. The molecule has 2 N–H and O–H groups in total. The zero-order chi connectivity index (χ0) is 11.5. The van der Waals surface area contributed by atoms with E-state index in [2.05, 4.69) is 18.9 Å². The van der Waals surface area contributed by atoms with Gasteiger partial charge in [0.15, 0.2) is 5.13 Å². The van der Waals surface area contributed by atoms with Gasteiger partial charge in [-0.3, -0.25) is 0 Å². The highest BCUT2D eigenvalue weighted by Crippen LogP contribution is 2.31. The Balaban J connectivity index is 2.15. The molecule has 0 spiro atoms. The molecule has 0 unspecified atom stereocenters. The highest BCUT2D eigenvalue weighted by Gasteiger charge is 2.22. The van der Waals surface area contributed by atoms with Crippen molar-refractivity contribution in [1.82, 2.24) is 4.98 Å². The molecule has 90 valence electrons. The van der Waals surface area contributed by atoms with Crippen LogP contribution in [0, 0.1) is 0 Å². The van der Waals surface area contributed by atoms with Crippen molar-refractivity contribution in [2.45, 2.75) is 51.6 Å². The third-order valence-electron chi connectivity index (χ3n) is 3.46. The smallest absolute Gasteiger partial charge is 0.185 e. The molecule has 1 aromatic heterocycles. The maximum absolute atomic E-state index is 5.75. The van der Waals surface area contributed by atoms with Crippen molar-refractivity contribution in [2.24, 2.45) is 5.73 Å². The fourth-order valence-electron chi connectivity index (χ4n) is 2.40. The Hall–Kier alpha value is -0.610. The Bertz CT molecular complexity index is 321. The molecule has 0 saturated heterocycles. The molecule has 2 rings (SSSR count). The van der Waals surface area contributed by atoms with Gasteiger partial charge >= 0.3 is 0 Å². The molecule has 1 aromatic rings. The van der Waals surface area contributed by atoms with Crippen molar-refractivity contribution in [3.63, 3.8) is 0 Å². The van der Waals surface area contributed by atoms with E-state index in [4.69, 9.17) is 10.7 Å². The quantitative estimate of drug-likeness (QED) is 0.878. The fraction of sp³-hybridized carbons (Fsp3) is 0.750. The van der Waals surface area contributed by atoms with E-state index in [9.17, 15) is 0 Å². The summed E-state index contributed by atoms with van der Waals surface area (Å²) in [6.07, 6.45) is 6.35. The number of nitrogens with zero attached hydrogens (tertiary/aromatic N) is 2. The van der Waals surface area contributed by atoms with Gasteiger partial charge in [0.25, 0.3) is 0 Å². The van der Waals surface area contributed by atoms with E-state index in [0.717, 1.165) is 11.6 Å². The number of hydrogen-bond acceptors (Lipinski definition) is 4. The summed E-state index contributed by atoms with van der Waals surface area (Å²) in [4.78, 5) is 8.32. The minimum Gasteiger partial charge on any atom is -0.348 e. The van der Waals surface area contributed by atoms with Gasteiger partial charge in [-0.1, -0.05) is 19.8 Å². The summed E-state index contributed by atoms with van der Waals surface area (Å²) in [6.45, 7) is 2.77. The predicted octanol–water partition coefficient (Wildman–Crippen LogP) is 2.54. The first-order valence-corrected chi connectivity index (χ1v) is 6.99. The van der Waals surface area contributed by atoms with Gasteiger partial charge in [-0.15, -0.1) is 11.3 Å². The van der Waals surface area contributed by atoms with Gasteiger partial charge in [0.2, 0.25) is 0 Å². The van der Waals surface area contributed by atoms with Crippen molar-refractivity contribution >= 4 is 16.5 Å². The van der Waals surface area contributed by atoms with Crippen molar-refractivity contribution in [1.29, 1.82) is 0 Å². The van der Waals surface area contributed by atoms with E-state index in [0.29, 0.717) is 12.6 Å². The van der Waals surface area contributed by atoms with Crippen LogP contribution >= 0.6 is 11.3 Å². The van der Waals surface area contributed by atoms with Gasteiger partial charge < -0.3 is 10.6 Å². The molecule has 0 atom stereocenters. The van der Waals surface area contributed by atoms with E-state index in [1.54, 1.807) is 11.3 Å². The molecule has 0 radical (unpaired) electrons. The molecule has 3 nitrogen and oxygen atoms in total. The third kappa shape index (κ3) is 2.23. The van der Waals surface area contributed by atoms with E-state index in [1.165, 1.54) is 36.3 Å². The Morgan fingerprint density at radius 1 is 1.44 bits per heavy atom. The second-order valence-corrected chi connectivity index (χ2v) is 5.54. The van der Waals surface area contributed by atoms with Crippen molar-refractivity contribution in [3.8, 4) is 0 Å². The number of rotatable bonds is 4. The average molecular weight is 239 g/mol. The summed E-state index contributed by atoms with van der Waals surface area (Å²) in [5.41, 5.74) is 6.93. The maximum atomic E-state index is 5.75. The highest BCUT2D eigenvalue weighted by molar-refractivity contribution is 7.15. The molecule has 4 heteroatoms. The summed E-state index contributed by atoms with van der Waals surface area (Å²) < 4.78 is 0. The van der Waals surface area contributed by atoms with Crippen LogP contribution in [0.4, 0.5) is 5.13 Å². The Labute approximate surface area is 102 Å². The second kappa shape index (κ2) is 5.15. The molecule has 16 heavy (non-hydrogen) atoms. The molecular formula is C12H21N3S. The number of aromatic nitrogens is 1. The number of nitrogens with two attached hydrogens (primary N) is 1. The van der Waals surface area contributed by atoms with Crippen LogP contribution in [-0.2, 0) is 13.0 Å². The van der Waals surface area contributed by atoms with Crippen LogP contribution in [0.3, 0.4) is 0 Å². The normalized spacial score (nSPS) is 16.9. The van der Waals surface area contributed by atoms with Gasteiger partial charge in [-0.05, 0) is 19.3 Å². The molecule has 1 heterocycles. The lowest BCUT2D eigenvalue weighted by molar-refractivity contribution is 0.651. The van der Waals surface area contributed by atoms with Gasteiger partial charge in [0.05, 0.1) is 5.69 Å². The number of anilines is 1. The predicted molar refractivity (Wildman–Crippen MR) is 70.0 cm³/mol. The first kappa shape index (κ1) is 11.9. The van der Waals surface area contributed by atoms with Crippen LogP contribution in [0.5, 0.6) is 0 Å². The summed E-state index contributed by atoms with van der Waals surface area (Å²) in [7, 11) is 2.18. The lowest BCUT2D eigenvalue weighted by Gasteiger charge is -2.23. The van der Waals surface area contributed by atoms with Crippen LogP contribution < -0.4 is 10.6 Å². The highest BCUT2D eigenvalue weighted by atomic mass is 32.1. The summed E-state index contributed by atoms with van der Waals surface area (Å²) >= 11 is 1.77. The zero-order valence-electron chi connectivity index (χ0n) is 10.2. The summed E-state index contributed by atoms with van der Waals surface area (Å²) in [6, 6.07) is 0.696. The SMILES string of the molecule is CCc1nc(N(C)C2CCCC2)sc1CN. The third-order valence-corrected chi connectivity index (χ3v) is 4.67. The number of aryl methyl sites for hydroxylation is 1. The van der Waals surface area contributed by atoms with E-state index in [-0.39, 0.29) is 0 Å². The van der Waals surface area contributed by atoms with Gasteiger partial charge in [-0.2, -0.15) is 0 Å². The topological polar surface area (TPSA) is 42.2 Å². The monoisotopic (exact) mass is 239 g/mol. The Kier molecular flexibility index (Phi) is 3.82. The van der Waals surface area contributed by atoms with Crippen LogP contribution in [-0.4, -0.2) is 18.1 Å². The van der Waals surface area contributed by atoms with Crippen LogP contribution in [0.15, 0.2) is 0 Å². The van der Waals surface area contributed by atoms with Crippen molar-refractivity contribution in [3.05, 3.63) is 10.6 Å². The molecule has 1 saturated carbocycles. The number of hydrogen-bond donors (Lipinski definition) is 1. The second-order valence-electron chi connectivity index (χ2n) is 4.47. The molecular weight excluding hydrogens is 218 g/mol. The lowest BCUT2D eigenvalue weighted by atomic mass is 10.2. The van der Waals surface area contributed by atoms with Crippen LogP contribution in [0.25, 0.3) is 0 Å². The molecule has 1 aliphatic carbocycles. The number of thiazole rings is 1. The maximum Gasteiger partial charge on any atom is 0.185 e. The molecule has 0 aromatic carbocycles. The minimum absolute atomic E-state index is 0.624. The minimum atomic E-state index is 0.624. The Morgan fingerprint density at radius 2 is 2.12 bits per heavy atom. The fourth-order valence-corrected chi connectivity index (χ4v) is 3.46. The molecule has 0 amide bonds. The van der Waals surface area contributed by atoms with Crippen molar-refractivity contribution in [2.75, 3.05) is 11.9 Å². The van der Waals surface area contributed by atoms with Crippen LogP contribution in [0.1, 0.15) is 43.2 Å². The summed E-state index contributed by atoms with van der Waals surface area (Å²) in [5.74, 6) is 0. The summed E-state index contributed by atoms with van der Waals surface area (Å²) in [5, 5.41) is 1.16. The Morgan fingerprint density at radius 3 is 2.62 bits per heavy atom. The first-order chi connectivity index (χ1) is 7.76. The largest absolute Gasteiger partial charge is 0.348 e. The van der Waals surface area contributed by atoms with Gasteiger partial charge in [-0.25, -0.2) is 4.98 Å². The lowest BCUT2D eigenvalue weighted by Crippen LogP contribution is -2.28. The van der Waals surface area contributed by atoms with Crippen molar-refractivity contribution < 1.29 is 0 Å². The van der Waals surface area contributed by atoms with Gasteiger partial charge in [0.1, 0.15) is 0 Å². The van der Waals surface area contributed by atoms with E-state index < -0.39 is 0 Å². The van der Waals surface area contributed by atoms with Crippen LogP contribution in [0.2, 0.25) is 0 Å². The zero-order valence-corrected chi connectivity index (χ0v) is 11.0. The molecule has 0 aliphatic heterocycles. The molecule has 0 bridgehead atoms. The van der Waals surface area contributed by atoms with E-state index >= 15 is 0 Å². The first-order valence-electron chi connectivity index (χ1n) is 6.17. The van der Waals surface area contributed by atoms with E-state index in [1.807, 2.05) is 0 Å². The molecule has 1 fully saturated rings.